The van der Waals surface area contributed by atoms with Crippen LogP contribution in [0.1, 0.15) is 62.0 Å². The summed E-state index contributed by atoms with van der Waals surface area (Å²) in [5.41, 5.74) is 0.298. The van der Waals surface area contributed by atoms with Gasteiger partial charge in [0.25, 0.3) is 0 Å². The Morgan fingerprint density at radius 3 is 2.68 bits per heavy atom. The highest BCUT2D eigenvalue weighted by atomic mass is 32.1. The third-order valence-electron chi connectivity index (χ3n) is 4.27. The molecule has 8 nitrogen and oxygen atoms in total. The van der Waals surface area contributed by atoms with Crippen LogP contribution >= 0.6 is 11.3 Å². The van der Waals surface area contributed by atoms with Crippen molar-refractivity contribution in [2.75, 3.05) is 19.7 Å². The minimum Gasteiger partial charge on any atom is -0.461 e. The summed E-state index contributed by atoms with van der Waals surface area (Å²) < 4.78 is 15.6. The highest BCUT2D eigenvalue weighted by molar-refractivity contribution is 7.10. The molecule has 0 unspecified atom stereocenters. The maximum Gasteiger partial charge on any atom is 0.410 e. The van der Waals surface area contributed by atoms with Crippen molar-refractivity contribution in [3.63, 3.8) is 0 Å². The largest absolute Gasteiger partial charge is 0.461 e. The summed E-state index contributed by atoms with van der Waals surface area (Å²) in [6.45, 7) is 8.90. The van der Waals surface area contributed by atoms with E-state index in [1.165, 1.54) is 0 Å². The minimum atomic E-state index is -0.512. The first-order valence-corrected chi connectivity index (χ1v) is 10.2. The van der Waals surface area contributed by atoms with Crippen molar-refractivity contribution in [2.45, 2.75) is 52.1 Å². The maximum absolute atomic E-state index is 12.2. The number of likely N-dealkylation sites (tertiary alicyclic amines) is 1. The molecule has 9 heteroatoms. The van der Waals surface area contributed by atoms with Crippen molar-refractivity contribution in [1.29, 1.82) is 0 Å². The molecule has 1 fully saturated rings. The van der Waals surface area contributed by atoms with Crippen LogP contribution in [0.15, 0.2) is 16.0 Å². The van der Waals surface area contributed by atoms with Gasteiger partial charge in [-0.3, -0.25) is 0 Å². The topological polar surface area (TPSA) is 94.8 Å². The first-order chi connectivity index (χ1) is 13.3. The zero-order chi connectivity index (χ0) is 20.3. The highest BCUT2D eigenvalue weighted by Crippen LogP contribution is 2.33. The Morgan fingerprint density at radius 2 is 2.04 bits per heavy atom. The van der Waals surface area contributed by atoms with Gasteiger partial charge in [0, 0.05) is 30.5 Å². The molecule has 1 saturated heterocycles. The smallest absolute Gasteiger partial charge is 0.410 e. The summed E-state index contributed by atoms with van der Waals surface area (Å²) in [5.74, 6) is 0.212. The Balaban J connectivity index is 1.60. The van der Waals surface area contributed by atoms with Crippen LogP contribution in [-0.2, 0) is 9.47 Å². The van der Waals surface area contributed by atoms with Crippen LogP contribution in [0, 0.1) is 0 Å². The minimum absolute atomic E-state index is 0.136. The number of hydrogen-bond acceptors (Lipinski definition) is 8. The molecule has 0 radical (unpaired) electrons. The number of rotatable bonds is 4. The first-order valence-electron chi connectivity index (χ1n) is 9.34. The van der Waals surface area contributed by atoms with Crippen molar-refractivity contribution in [3.8, 4) is 11.5 Å². The van der Waals surface area contributed by atoms with Crippen LogP contribution in [-0.4, -0.2) is 52.4 Å². The lowest BCUT2D eigenvalue weighted by atomic mass is 9.98. The molecule has 0 spiro atoms. The van der Waals surface area contributed by atoms with Crippen molar-refractivity contribution >= 4 is 23.4 Å². The Hall–Kier alpha value is -2.42. The van der Waals surface area contributed by atoms with Gasteiger partial charge in [-0.2, -0.15) is 0 Å². The fourth-order valence-corrected chi connectivity index (χ4v) is 3.90. The van der Waals surface area contributed by atoms with E-state index in [1.54, 1.807) is 29.2 Å². The van der Waals surface area contributed by atoms with Gasteiger partial charge < -0.3 is 18.9 Å². The molecule has 0 aromatic carbocycles. The molecular formula is C19H25N3O5S. The van der Waals surface area contributed by atoms with E-state index in [2.05, 4.69) is 10.1 Å². The molecule has 0 bridgehead atoms. The van der Waals surface area contributed by atoms with Gasteiger partial charge in [-0.25, -0.2) is 14.6 Å². The number of hydrogen-bond donors (Lipinski definition) is 0. The molecule has 152 valence electrons. The second kappa shape index (κ2) is 8.30. The highest BCUT2D eigenvalue weighted by Gasteiger charge is 2.29. The first kappa shape index (κ1) is 20.3. The fourth-order valence-electron chi connectivity index (χ4n) is 2.92. The number of esters is 1. The van der Waals surface area contributed by atoms with Gasteiger partial charge in [0.2, 0.25) is 0 Å². The van der Waals surface area contributed by atoms with Gasteiger partial charge in [0.05, 0.1) is 11.6 Å². The second-order valence-electron chi connectivity index (χ2n) is 7.61. The van der Waals surface area contributed by atoms with Crippen LogP contribution in [0.2, 0.25) is 0 Å². The lowest BCUT2D eigenvalue weighted by molar-refractivity contribution is 0.0204. The van der Waals surface area contributed by atoms with E-state index in [4.69, 9.17) is 14.0 Å². The van der Waals surface area contributed by atoms with E-state index < -0.39 is 11.6 Å². The summed E-state index contributed by atoms with van der Waals surface area (Å²) in [6, 6.07) is 1.54. The molecule has 1 aliphatic heterocycles. The summed E-state index contributed by atoms with van der Waals surface area (Å²) >= 11 is 1.55. The second-order valence-corrected chi connectivity index (χ2v) is 8.50. The summed E-state index contributed by atoms with van der Waals surface area (Å²) in [6.07, 6.45) is 1.40. The van der Waals surface area contributed by atoms with Crippen molar-refractivity contribution in [1.82, 2.24) is 15.0 Å². The molecule has 3 rings (SSSR count). The van der Waals surface area contributed by atoms with Crippen LogP contribution in [0.3, 0.4) is 0 Å². The quantitative estimate of drug-likeness (QED) is 0.705. The van der Waals surface area contributed by atoms with Crippen LogP contribution in [0.4, 0.5) is 4.79 Å². The SMILES string of the molecule is CCOC(=O)c1cc(-c2csc(C3CCN(C(=O)OC(C)(C)C)CC3)n2)on1. The van der Waals surface area contributed by atoms with Gasteiger partial charge in [0.1, 0.15) is 11.3 Å². The van der Waals surface area contributed by atoms with Crippen LogP contribution in [0.5, 0.6) is 0 Å². The Bertz CT molecular complexity index is 831. The summed E-state index contributed by atoms with van der Waals surface area (Å²) in [7, 11) is 0. The lowest BCUT2D eigenvalue weighted by Crippen LogP contribution is -2.41. The number of thiazole rings is 1. The van der Waals surface area contributed by atoms with Gasteiger partial charge in [-0.15, -0.1) is 11.3 Å². The average molecular weight is 407 g/mol. The number of carbonyl (C=O) groups excluding carboxylic acids is 2. The normalized spacial score (nSPS) is 15.5. The van der Waals surface area contributed by atoms with E-state index in [1.807, 2.05) is 26.2 Å². The van der Waals surface area contributed by atoms with Crippen molar-refractivity contribution < 1.29 is 23.6 Å². The number of nitrogens with zero attached hydrogens (tertiary/aromatic N) is 3. The summed E-state index contributed by atoms with van der Waals surface area (Å²) in [4.78, 5) is 30.3. The Kier molecular flexibility index (Phi) is 6.02. The molecule has 0 aliphatic carbocycles. The van der Waals surface area contributed by atoms with Gasteiger partial charge in [-0.1, -0.05) is 5.16 Å². The third kappa shape index (κ3) is 4.89. The fraction of sp³-hybridized carbons (Fsp3) is 0.579. The van der Waals surface area contributed by atoms with Gasteiger partial charge in [0.15, 0.2) is 11.5 Å². The van der Waals surface area contributed by atoms with Crippen molar-refractivity contribution in [3.05, 3.63) is 22.1 Å². The number of carbonyl (C=O) groups is 2. The van der Waals surface area contributed by atoms with E-state index in [0.717, 1.165) is 17.8 Å². The molecule has 1 aliphatic rings. The molecule has 0 N–H and O–H groups in total. The molecule has 28 heavy (non-hydrogen) atoms. The number of aromatic nitrogens is 2. The zero-order valence-electron chi connectivity index (χ0n) is 16.6. The number of amides is 1. The Labute approximate surface area is 167 Å². The molecule has 1 amide bonds. The molecular weight excluding hydrogens is 382 g/mol. The Morgan fingerprint density at radius 1 is 1.32 bits per heavy atom. The average Bonchev–Trinajstić information content (AvgIpc) is 3.30. The molecule has 3 heterocycles. The number of ether oxygens (including phenoxy) is 2. The predicted octanol–water partition coefficient (Wildman–Crippen LogP) is 4.09. The third-order valence-corrected chi connectivity index (χ3v) is 5.27. The maximum atomic E-state index is 12.2. The monoisotopic (exact) mass is 407 g/mol. The van der Waals surface area contributed by atoms with E-state index in [9.17, 15) is 9.59 Å². The van der Waals surface area contributed by atoms with Gasteiger partial charge in [-0.05, 0) is 40.5 Å². The molecule has 2 aromatic rings. The zero-order valence-corrected chi connectivity index (χ0v) is 17.4. The van der Waals surface area contributed by atoms with E-state index >= 15 is 0 Å². The van der Waals surface area contributed by atoms with Gasteiger partial charge >= 0.3 is 12.1 Å². The van der Waals surface area contributed by atoms with Crippen LogP contribution < -0.4 is 0 Å². The number of piperidine rings is 1. The van der Waals surface area contributed by atoms with Crippen LogP contribution in [0.25, 0.3) is 11.5 Å². The van der Waals surface area contributed by atoms with E-state index in [-0.39, 0.29) is 24.3 Å². The van der Waals surface area contributed by atoms with Crippen molar-refractivity contribution in [2.24, 2.45) is 0 Å². The predicted molar refractivity (Wildman–Crippen MR) is 103 cm³/mol. The molecule has 0 saturated carbocycles. The molecule has 2 aromatic heterocycles. The summed E-state index contributed by atoms with van der Waals surface area (Å²) in [5, 5.41) is 6.64. The van der Waals surface area contributed by atoms with E-state index in [0.29, 0.717) is 24.5 Å². The standard InChI is InChI=1S/C19H25N3O5S/c1-5-25-17(23)13-10-15(27-21-13)14-11-28-16(20-14)12-6-8-22(9-7-12)18(24)26-19(2,3)4/h10-12H,5-9H2,1-4H3. The molecule has 0 atom stereocenters. The lowest BCUT2D eigenvalue weighted by Gasteiger charge is -2.32.